The molecule has 1 heterocycles. The van der Waals surface area contributed by atoms with Crippen LogP contribution in [-0.2, 0) is 0 Å². The molecule has 9 heteroatoms. The van der Waals surface area contributed by atoms with Crippen molar-refractivity contribution in [3.05, 3.63) is 12.2 Å². The third-order valence-electron chi connectivity index (χ3n) is 1.42. The van der Waals surface area contributed by atoms with Gasteiger partial charge in [-0.1, -0.05) is 0 Å². The van der Waals surface area contributed by atoms with Crippen LogP contribution in [0.5, 0.6) is 0 Å². The van der Waals surface area contributed by atoms with Crippen LogP contribution in [0.4, 0.5) is 27.9 Å². The normalized spacial score (nSPS) is 13.7. The van der Waals surface area contributed by atoms with Crippen LogP contribution >= 0.6 is 0 Å². The van der Waals surface area contributed by atoms with Crippen LogP contribution in [0.3, 0.4) is 0 Å². The van der Waals surface area contributed by atoms with Crippen molar-refractivity contribution in [2.75, 3.05) is 5.32 Å². The van der Waals surface area contributed by atoms with Crippen LogP contribution in [0.2, 0.25) is 0 Å². The molecule has 0 amide bonds. The number of halogens is 5. The van der Waals surface area contributed by atoms with Gasteiger partial charge in [-0.15, -0.1) is 0 Å². The molecule has 1 rings (SSSR count). The molecule has 84 valence electrons. The zero-order chi connectivity index (χ0) is 11.6. The number of hydrogen-bond donors (Lipinski definition) is 1. The summed E-state index contributed by atoms with van der Waals surface area (Å²) < 4.78 is 60.7. The molecule has 0 aliphatic heterocycles. The first kappa shape index (κ1) is 11.5. The van der Waals surface area contributed by atoms with E-state index in [1.165, 1.54) is 0 Å². The molecule has 0 fully saturated rings. The summed E-state index contributed by atoms with van der Waals surface area (Å²) in [5, 5.41) is 1.70. The predicted molar refractivity (Wildman–Crippen MR) is 38.9 cm³/mol. The monoisotopic (exact) mass is 228 g/mol. The highest BCUT2D eigenvalue weighted by atomic mass is 19.4. The van der Waals surface area contributed by atoms with E-state index >= 15 is 0 Å². The second kappa shape index (κ2) is 3.91. The lowest BCUT2D eigenvalue weighted by Crippen LogP contribution is -2.34. The molecule has 1 aromatic rings. The van der Waals surface area contributed by atoms with Gasteiger partial charge in [0.05, 0.1) is 0 Å². The Labute approximate surface area is 80.6 Å². The van der Waals surface area contributed by atoms with Gasteiger partial charge in [0.2, 0.25) is 5.95 Å². The van der Waals surface area contributed by atoms with E-state index in [0.29, 0.717) is 0 Å². The number of rotatable bonds is 2. The van der Waals surface area contributed by atoms with Crippen LogP contribution in [-0.4, -0.2) is 27.2 Å². The van der Waals surface area contributed by atoms with Gasteiger partial charge in [0.15, 0.2) is 0 Å². The Balaban J connectivity index is 2.81. The van der Waals surface area contributed by atoms with E-state index in [1.54, 1.807) is 5.32 Å². The molecular weight excluding hydrogens is 223 g/mol. The van der Waals surface area contributed by atoms with Crippen molar-refractivity contribution in [3.63, 3.8) is 0 Å². The van der Waals surface area contributed by atoms with Crippen molar-refractivity contribution in [1.29, 1.82) is 0 Å². The summed E-state index contributed by atoms with van der Waals surface area (Å²) in [7, 11) is 0. The van der Waals surface area contributed by atoms with E-state index in [0.717, 1.165) is 6.92 Å². The maximum Gasteiger partial charge on any atom is 0.408 e. The molecule has 0 radical (unpaired) electrons. The molecule has 0 bridgehead atoms. The standard InChI is InChI=1S/C6H5F5N4/c1-2(6(9,10)11)12-5-14-3(7)13-4(8)15-5/h2H,1H3,(H,12,13,14,15). The van der Waals surface area contributed by atoms with Gasteiger partial charge in [0.25, 0.3) is 0 Å². The molecule has 1 atom stereocenters. The minimum atomic E-state index is -4.56. The lowest BCUT2D eigenvalue weighted by molar-refractivity contribution is -0.138. The van der Waals surface area contributed by atoms with Gasteiger partial charge in [-0.05, 0) is 6.92 Å². The first-order valence-electron chi connectivity index (χ1n) is 3.69. The summed E-state index contributed by atoms with van der Waals surface area (Å²) in [6.45, 7) is 0.763. The Morgan fingerprint density at radius 1 is 1.07 bits per heavy atom. The van der Waals surface area contributed by atoms with Gasteiger partial charge in [-0.25, -0.2) is 0 Å². The van der Waals surface area contributed by atoms with Crippen molar-refractivity contribution in [1.82, 2.24) is 15.0 Å². The summed E-state index contributed by atoms with van der Waals surface area (Å²) in [5.41, 5.74) is 0. The average Bonchev–Trinajstić information content (AvgIpc) is 1.99. The van der Waals surface area contributed by atoms with Crippen LogP contribution in [0.1, 0.15) is 6.92 Å². The Morgan fingerprint density at radius 3 is 1.93 bits per heavy atom. The van der Waals surface area contributed by atoms with E-state index < -0.39 is 30.3 Å². The van der Waals surface area contributed by atoms with E-state index in [2.05, 4.69) is 15.0 Å². The van der Waals surface area contributed by atoms with E-state index in [4.69, 9.17) is 0 Å². The van der Waals surface area contributed by atoms with Gasteiger partial charge in [0, 0.05) is 0 Å². The lowest BCUT2D eigenvalue weighted by atomic mass is 10.3. The molecule has 15 heavy (non-hydrogen) atoms. The smallest absolute Gasteiger partial charge is 0.342 e. The van der Waals surface area contributed by atoms with E-state index in [9.17, 15) is 22.0 Å². The summed E-state index contributed by atoms with van der Waals surface area (Å²) >= 11 is 0. The molecule has 1 aromatic heterocycles. The quantitative estimate of drug-likeness (QED) is 0.779. The summed E-state index contributed by atoms with van der Waals surface area (Å²) in [5.74, 6) is -0.801. The fraction of sp³-hybridized carbons (Fsp3) is 0.500. The summed E-state index contributed by atoms with van der Waals surface area (Å²) in [6.07, 6.45) is -7.53. The van der Waals surface area contributed by atoms with Crippen molar-refractivity contribution >= 4 is 5.95 Å². The Hall–Kier alpha value is -1.54. The maximum atomic E-state index is 12.4. The zero-order valence-electron chi connectivity index (χ0n) is 7.31. The molecule has 1 N–H and O–H groups in total. The Kier molecular flexibility index (Phi) is 3.01. The highest BCUT2D eigenvalue weighted by Crippen LogP contribution is 2.21. The molecular formula is C6H5F5N4. The predicted octanol–water partition coefficient (Wildman–Crippen LogP) is 1.51. The van der Waals surface area contributed by atoms with Crippen LogP contribution in [0, 0.1) is 12.2 Å². The molecule has 0 aliphatic carbocycles. The van der Waals surface area contributed by atoms with Gasteiger partial charge >= 0.3 is 18.3 Å². The van der Waals surface area contributed by atoms with Gasteiger partial charge in [-0.2, -0.15) is 36.9 Å². The zero-order valence-corrected chi connectivity index (χ0v) is 7.31. The largest absolute Gasteiger partial charge is 0.408 e. The summed E-state index contributed by atoms with van der Waals surface area (Å²) in [6, 6.07) is -2.02. The maximum absolute atomic E-state index is 12.4. The highest BCUT2D eigenvalue weighted by molar-refractivity contribution is 5.23. The van der Waals surface area contributed by atoms with E-state index in [-0.39, 0.29) is 0 Å². The number of alkyl halides is 3. The van der Waals surface area contributed by atoms with E-state index in [1.807, 2.05) is 0 Å². The van der Waals surface area contributed by atoms with Gasteiger partial charge in [0.1, 0.15) is 6.04 Å². The molecule has 0 saturated heterocycles. The van der Waals surface area contributed by atoms with Crippen LogP contribution in [0.15, 0.2) is 0 Å². The number of nitrogens with zero attached hydrogens (tertiary/aromatic N) is 3. The van der Waals surface area contributed by atoms with Crippen molar-refractivity contribution in [3.8, 4) is 0 Å². The molecule has 0 spiro atoms. The molecule has 0 aliphatic rings. The molecule has 0 saturated carbocycles. The fourth-order valence-corrected chi connectivity index (χ4v) is 0.666. The van der Waals surface area contributed by atoms with Gasteiger partial charge < -0.3 is 5.32 Å². The van der Waals surface area contributed by atoms with Crippen LogP contribution in [0.25, 0.3) is 0 Å². The lowest BCUT2D eigenvalue weighted by Gasteiger charge is -2.16. The van der Waals surface area contributed by atoms with Crippen molar-refractivity contribution < 1.29 is 22.0 Å². The number of anilines is 1. The SMILES string of the molecule is CC(Nc1nc(F)nc(F)n1)C(F)(F)F. The minimum absolute atomic E-state index is 0.763. The average molecular weight is 228 g/mol. The molecule has 0 aromatic carbocycles. The fourth-order valence-electron chi connectivity index (χ4n) is 0.666. The second-order valence-corrected chi connectivity index (χ2v) is 2.60. The molecule has 1 unspecified atom stereocenters. The third-order valence-corrected chi connectivity index (χ3v) is 1.42. The summed E-state index contributed by atoms with van der Waals surface area (Å²) in [4.78, 5) is 8.22. The molecule has 4 nitrogen and oxygen atoms in total. The first-order chi connectivity index (χ1) is 6.79. The number of nitrogens with one attached hydrogen (secondary N) is 1. The van der Waals surface area contributed by atoms with Crippen molar-refractivity contribution in [2.45, 2.75) is 19.1 Å². The third kappa shape index (κ3) is 3.26. The topological polar surface area (TPSA) is 50.7 Å². The van der Waals surface area contributed by atoms with Gasteiger partial charge in [-0.3, -0.25) is 0 Å². The number of aromatic nitrogens is 3. The van der Waals surface area contributed by atoms with Crippen molar-refractivity contribution in [2.24, 2.45) is 0 Å². The first-order valence-corrected chi connectivity index (χ1v) is 3.69. The van der Waals surface area contributed by atoms with Crippen LogP contribution < -0.4 is 5.32 Å². The minimum Gasteiger partial charge on any atom is -0.342 e. The second-order valence-electron chi connectivity index (χ2n) is 2.60. The highest BCUT2D eigenvalue weighted by Gasteiger charge is 2.36. The Morgan fingerprint density at radius 2 is 1.53 bits per heavy atom. The Bertz CT molecular complexity index is 332. The number of hydrogen-bond acceptors (Lipinski definition) is 4.